The second-order valence-corrected chi connectivity index (χ2v) is 3.65. The van der Waals surface area contributed by atoms with Crippen molar-refractivity contribution in [1.29, 1.82) is 2.77 Å². The number of aliphatic hydroxyl groups is 1. The molecule has 1 fully saturated rings. The summed E-state index contributed by atoms with van der Waals surface area (Å²) < 4.78 is 23.6. The van der Waals surface area contributed by atoms with Crippen LogP contribution in [0.15, 0.2) is 0 Å². The summed E-state index contributed by atoms with van der Waals surface area (Å²) in [4.78, 5) is 0. The Bertz CT molecular complexity index is 178. The van der Waals surface area contributed by atoms with E-state index in [0.717, 1.165) is 0 Å². The fourth-order valence-electron chi connectivity index (χ4n) is 1.44. The molecule has 0 aromatic heterocycles. The number of nitrogens with two attached hydrogens (primary N) is 1. The van der Waals surface area contributed by atoms with Gasteiger partial charge in [0.2, 0.25) is 1.43 Å². The van der Waals surface area contributed by atoms with E-state index >= 15 is 0 Å². The summed E-state index contributed by atoms with van der Waals surface area (Å²) in [6, 6.07) is -0.117. The first-order chi connectivity index (χ1) is 7.42. The van der Waals surface area contributed by atoms with Crippen molar-refractivity contribution in [2.75, 3.05) is 7.11 Å². The van der Waals surface area contributed by atoms with Gasteiger partial charge in [-0.3, -0.25) is 0 Å². The van der Waals surface area contributed by atoms with E-state index in [9.17, 15) is 0 Å². The highest BCUT2D eigenvalue weighted by Gasteiger charge is 2.33. The molecule has 84 valence electrons. The molecule has 4 nitrogen and oxygen atoms in total. The summed E-state index contributed by atoms with van der Waals surface area (Å²) in [6.07, 6.45) is -0.223. The van der Waals surface area contributed by atoms with Gasteiger partial charge in [0.05, 0.1) is 12.2 Å². The highest BCUT2D eigenvalue weighted by molar-refractivity contribution is 8.06. The Morgan fingerprint density at radius 1 is 1.93 bits per heavy atom. The molecule has 14 heavy (non-hydrogen) atoms. The first kappa shape index (κ1) is 10.8. The molecule has 0 amide bonds. The van der Waals surface area contributed by atoms with E-state index in [1.807, 2.05) is 6.92 Å². The van der Waals surface area contributed by atoms with Crippen LogP contribution in [0.2, 0.25) is 6.82 Å². The van der Waals surface area contributed by atoms with Gasteiger partial charge in [-0.05, 0) is 8.26 Å². The number of ether oxygens (including phenoxy) is 2. The van der Waals surface area contributed by atoms with E-state index < -0.39 is 6.29 Å². The van der Waals surface area contributed by atoms with Crippen molar-refractivity contribution >= 4 is 19.0 Å². The largest absolute Gasteiger partial charge is 0.377 e. The summed E-state index contributed by atoms with van der Waals surface area (Å²) >= 11 is 3.63. The molecule has 0 spiro atoms. The lowest BCUT2D eigenvalue weighted by Crippen LogP contribution is -2.51. The van der Waals surface area contributed by atoms with Gasteiger partial charge in [-0.2, -0.15) is 0 Å². The topological polar surface area (TPSA) is 64.7 Å². The molecule has 4 atom stereocenters. The van der Waals surface area contributed by atoms with Crippen molar-refractivity contribution in [3.8, 4) is 0 Å². The van der Waals surface area contributed by atoms with Gasteiger partial charge >= 0.3 is 0 Å². The standard InChI is InChI=1S/C7H15NO3.CH5BS/c1-4-7(10-2)5(8)3-6(9)11-4;1-2-3/h4-7,9H,3,8H2,1-2H3;2-3H,1H3/t4-,5+,6-,7-;/m0./s1/i9T;2D. The first-order valence-electron chi connectivity index (χ1n) is 5.57. The molecule has 0 aliphatic carbocycles. The van der Waals surface area contributed by atoms with Crippen LogP contribution in [0.25, 0.3) is 0 Å². The molecule has 6 heteroatoms. The van der Waals surface area contributed by atoms with Crippen LogP contribution in [-0.4, -0.2) is 46.0 Å². The van der Waals surface area contributed by atoms with Gasteiger partial charge in [-0.1, -0.05) is 6.82 Å². The van der Waals surface area contributed by atoms with E-state index in [1.54, 1.807) is 13.9 Å². The third-order valence-electron chi connectivity index (χ3n) is 1.99. The van der Waals surface area contributed by atoms with Crippen LogP contribution in [0.4, 0.5) is 0 Å². The number of aliphatic hydroxyl groups excluding tert-OH is 1. The Balaban J connectivity index is 0.000000487. The Morgan fingerprint density at radius 3 is 2.86 bits per heavy atom. The molecule has 1 aliphatic rings. The quantitative estimate of drug-likeness (QED) is 0.448. The number of thiol groups is 1. The highest BCUT2D eigenvalue weighted by atomic mass is 32.1. The number of rotatable bonds is 2. The van der Waals surface area contributed by atoms with Crippen molar-refractivity contribution < 1.29 is 14.6 Å². The lowest BCUT2D eigenvalue weighted by molar-refractivity contribution is -0.204. The van der Waals surface area contributed by atoms with Crippen LogP contribution in [0.3, 0.4) is 0 Å². The lowest BCUT2D eigenvalue weighted by Gasteiger charge is -2.35. The maximum Gasteiger partial charge on any atom is 0.213 e. The normalized spacial score (nSPS) is 38.9. The lowest BCUT2D eigenvalue weighted by atomic mass is 10.0. The van der Waals surface area contributed by atoms with E-state index in [4.69, 9.17) is 18.0 Å². The molecule has 1 rings (SSSR count). The molecule has 0 radical (unpaired) electrons. The van der Waals surface area contributed by atoms with Crippen LogP contribution in [0.5, 0.6) is 0 Å². The third kappa shape index (κ3) is 4.66. The molecule has 0 aromatic carbocycles. The molecule has 0 bridgehead atoms. The van der Waals surface area contributed by atoms with Crippen molar-refractivity contribution in [3.63, 3.8) is 0 Å². The van der Waals surface area contributed by atoms with Crippen molar-refractivity contribution in [1.82, 2.24) is 0 Å². The molecular formula is C8H20BNO3S. The maximum atomic E-state index is 6.68. The molecule has 0 aromatic rings. The minimum absolute atomic E-state index is 0.101. The molecule has 1 aliphatic heterocycles. The molecule has 0 saturated carbocycles. The third-order valence-corrected chi connectivity index (χ3v) is 1.99. The average Bonchev–Trinajstić information content (AvgIpc) is 2.16. The van der Waals surface area contributed by atoms with Gasteiger partial charge in [-0.15, -0.1) is 0 Å². The summed E-state index contributed by atoms with van der Waals surface area (Å²) in [5.41, 5.74) is 5.78. The van der Waals surface area contributed by atoms with Crippen LogP contribution in [0, 0.1) is 0 Å². The minimum atomic E-state index is -0.513. The Hall–Kier alpha value is 0.255. The van der Waals surface area contributed by atoms with Crippen LogP contribution in [-0.2, 0) is 9.47 Å². The summed E-state index contributed by atoms with van der Waals surface area (Å²) in [5.74, 6) is 0. The Labute approximate surface area is 94.5 Å². The first-order valence-corrected chi connectivity index (χ1v) is 5.10. The summed E-state index contributed by atoms with van der Waals surface area (Å²) in [7, 11) is 1.60. The van der Waals surface area contributed by atoms with Gasteiger partial charge < -0.3 is 20.3 Å². The van der Waals surface area contributed by atoms with E-state index in [1.165, 1.54) is 0 Å². The zero-order chi connectivity index (χ0) is 12.7. The number of hydrogen-bond donors (Lipinski definition) is 3. The van der Waals surface area contributed by atoms with Crippen molar-refractivity contribution in [2.24, 2.45) is 5.73 Å². The predicted molar refractivity (Wildman–Crippen MR) is 61.9 cm³/mol. The zero-order valence-corrected chi connectivity index (χ0v) is 9.74. The van der Waals surface area contributed by atoms with E-state index in [2.05, 4.69) is 17.6 Å². The van der Waals surface area contributed by atoms with Crippen LogP contribution in [0.1, 0.15) is 13.3 Å². The van der Waals surface area contributed by atoms with Gasteiger partial charge in [0.25, 0.3) is 0 Å². The number of methoxy groups -OCH3 is 1. The number of hydrogen-bond acceptors (Lipinski definition) is 5. The molecular weight excluding hydrogens is 201 g/mol. The van der Waals surface area contributed by atoms with Crippen LogP contribution >= 0.6 is 12.5 Å². The average molecular weight is 224 g/mol. The maximum absolute atomic E-state index is 6.68. The zero-order valence-electron chi connectivity index (χ0n) is 10.8. The van der Waals surface area contributed by atoms with Gasteiger partial charge in [0.1, 0.15) is 0 Å². The summed E-state index contributed by atoms with van der Waals surface area (Å²) in [5, 5.41) is 4.32. The van der Waals surface area contributed by atoms with Gasteiger partial charge in [-0.25, -0.2) is 12.5 Å². The molecule has 0 unspecified atom stereocenters. The minimum Gasteiger partial charge on any atom is -0.377 e. The smallest absolute Gasteiger partial charge is 0.213 e. The Morgan fingerprint density at radius 2 is 2.50 bits per heavy atom. The summed E-state index contributed by atoms with van der Waals surface area (Å²) in [6.45, 7) is 3.34. The van der Waals surface area contributed by atoms with E-state index in [-0.39, 0.29) is 24.8 Å². The van der Waals surface area contributed by atoms with Gasteiger partial charge in [0, 0.05) is 19.6 Å². The van der Waals surface area contributed by atoms with Crippen LogP contribution < -0.4 is 5.73 Å². The fraction of sp³-hybridized carbons (Fsp3) is 1.00. The monoisotopic (exact) mass is 224 g/mol. The highest BCUT2D eigenvalue weighted by Crippen LogP contribution is 2.18. The van der Waals surface area contributed by atoms with Crippen molar-refractivity contribution in [2.45, 2.75) is 44.7 Å². The van der Waals surface area contributed by atoms with Crippen molar-refractivity contribution in [3.05, 3.63) is 0 Å². The molecule has 1 saturated heterocycles. The predicted octanol–water partition coefficient (Wildman–Crippen LogP) is -0.228. The molecule has 3 N–H and O–H groups in total. The molecule has 1 heterocycles. The van der Waals surface area contributed by atoms with Gasteiger partial charge in [0.15, 0.2) is 12.8 Å². The second-order valence-electron chi connectivity index (χ2n) is 3.13. The SMILES string of the molecule is [2H]B(C)S.[3H]O[C@@H]1C[C@@H](N)[C@@H](OC)[C@H](C)O1. The fourth-order valence-corrected chi connectivity index (χ4v) is 1.44. The Kier molecular flexibility index (Phi) is 5.79. The van der Waals surface area contributed by atoms with E-state index in [0.29, 0.717) is 6.42 Å². The second kappa shape index (κ2) is 7.53.